The second-order valence-corrected chi connectivity index (χ2v) is 6.21. The van der Waals surface area contributed by atoms with Gasteiger partial charge >= 0.3 is 0 Å². The number of carbonyl (C=O) groups is 1. The number of β-amino-alcohol motifs (C(OH)–C–C–N with tert-alkyl or cyclic N) is 1. The molecule has 1 N–H and O–H groups in total. The molecule has 1 fully saturated rings. The van der Waals surface area contributed by atoms with Crippen LogP contribution in [0.1, 0.15) is 18.9 Å². The summed E-state index contributed by atoms with van der Waals surface area (Å²) >= 11 is 1.55. The number of likely N-dealkylation sites (tertiary alicyclic amines) is 1. The lowest BCUT2D eigenvalue weighted by molar-refractivity contribution is -0.128. The molecule has 0 aliphatic carbocycles. The van der Waals surface area contributed by atoms with Crippen LogP contribution in [0.15, 0.2) is 29.2 Å². The molecular weight excluding hydrogens is 246 g/mol. The quantitative estimate of drug-likeness (QED) is 0.851. The third-order valence-electron chi connectivity index (χ3n) is 3.19. The lowest BCUT2D eigenvalue weighted by atomic mass is 10.1. The summed E-state index contributed by atoms with van der Waals surface area (Å²) in [6, 6.07) is 8.17. The first-order valence-corrected chi connectivity index (χ1v) is 7.14. The molecule has 1 heterocycles. The molecule has 1 aromatic rings. The van der Waals surface area contributed by atoms with Gasteiger partial charge in [0, 0.05) is 18.0 Å². The fraction of sp³-hybridized carbons (Fsp3) is 0.500. The molecule has 1 aliphatic rings. The Balaban J connectivity index is 1.84. The van der Waals surface area contributed by atoms with Gasteiger partial charge in [0.05, 0.1) is 11.4 Å². The average molecular weight is 265 g/mol. The Labute approximate surface area is 112 Å². The number of rotatable bonds is 3. The minimum Gasteiger partial charge on any atom is -0.388 e. The van der Waals surface area contributed by atoms with Crippen molar-refractivity contribution in [2.45, 2.75) is 30.8 Å². The molecule has 18 heavy (non-hydrogen) atoms. The minimum atomic E-state index is -0.704. The van der Waals surface area contributed by atoms with Gasteiger partial charge in [0.1, 0.15) is 0 Å². The monoisotopic (exact) mass is 265 g/mol. The first kappa shape index (κ1) is 13.4. The number of benzene rings is 1. The predicted molar refractivity (Wildman–Crippen MR) is 73.7 cm³/mol. The van der Waals surface area contributed by atoms with Crippen LogP contribution in [0.4, 0.5) is 0 Å². The molecule has 3 nitrogen and oxygen atoms in total. The Bertz CT molecular complexity index is 428. The summed E-state index contributed by atoms with van der Waals surface area (Å²) in [6.07, 6.45) is 0.675. The molecule has 0 aromatic heterocycles. The van der Waals surface area contributed by atoms with Crippen molar-refractivity contribution in [3.63, 3.8) is 0 Å². The molecule has 0 spiro atoms. The van der Waals surface area contributed by atoms with E-state index >= 15 is 0 Å². The van der Waals surface area contributed by atoms with Gasteiger partial charge in [-0.05, 0) is 32.4 Å². The molecule has 1 aliphatic heterocycles. The molecule has 1 unspecified atom stereocenters. The summed E-state index contributed by atoms with van der Waals surface area (Å²) in [5.74, 6) is 0.553. The Morgan fingerprint density at radius 3 is 2.67 bits per heavy atom. The van der Waals surface area contributed by atoms with E-state index in [1.54, 1.807) is 23.6 Å². The lowest BCUT2D eigenvalue weighted by Crippen LogP contribution is -2.34. The molecule has 1 aromatic carbocycles. The van der Waals surface area contributed by atoms with Gasteiger partial charge in [-0.1, -0.05) is 17.7 Å². The number of carbonyl (C=O) groups excluding carboxylic acids is 1. The summed E-state index contributed by atoms with van der Waals surface area (Å²) in [6.45, 7) is 4.96. The Morgan fingerprint density at radius 2 is 2.11 bits per heavy atom. The van der Waals surface area contributed by atoms with Crippen LogP contribution in [-0.4, -0.2) is 40.4 Å². The zero-order chi connectivity index (χ0) is 13.2. The van der Waals surface area contributed by atoms with Crippen LogP contribution in [0.2, 0.25) is 0 Å². The van der Waals surface area contributed by atoms with Crippen molar-refractivity contribution >= 4 is 17.7 Å². The van der Waals surface area contributed by atoms with Crippen LogP contribution < -0.4 is 0 Å². The fourth-order valence-corrected chi connectivity index (χ4v) is 2.83. The number of hydrogen-bond donors (Lipinski definition) is 1. The standard InChI is InChI=1S/C14H19NO2S/c1-11-3-5-12(6-4-11)18-9-13(16)15-8-7-14(2,17)10-15/h3-6,17H,7-10H2,1-2H3. The number of nitrogens with zero attached hydrogens (tertiary/aromatic N) is 1. The Morgan fingerprint density at radius 1 is 1.44 bits per heavy atom. The van der Waals surface area contributed by atoms with Gasteiger partial charge in [0.15, 0.2) is 0 Å². The molecule has 1 amide bonds. The van der Waals surface area contributed by atoms with Crippen molar-refractivity contribution < 1.29 is 9.90 Å². The van der Waals surface area contributed by atoms with Gasteiger partial charge in [-0.25, -0.2) is 0 Å². The van der Waals surface area contributed by atoms with Gasteiger partial charge in [-0.15, -0.1) is 11.8 Å². The highest BCUT2D eigenvalue weighted by Gasteiger charge is 2.33. The van der Waals surface area contributed by atoms with Crippen LogP contribution in [0, 0.1) is 6.92 Å². The number of amides is 1. The van der Waals surface area contributed by atoms with Crippen LogP contribution in [0.25, 0.3) is 0 Å². The van der Waals surface area contributed by atoms with E-state index in [1.807, 2.05) is 31.2 Å². The van der Waals surface area contributed by atoms with E-state index in [1.165, 1.54) is 5.56 Å². The summed E-state index contributed by atoms with van der Waals surface area (Å²) in [4.78, 5) is 14.8. The topological polar surface area (TPSA) is 40.5 Å². The number of thioether (sulfide) groups is 1. The Kier molecular flexibility index (Phi) is 3.97. The van der Waals surface area contributed by atoms with Crippen LogP contribution >= 0.6 is 11.8 Å². The van der Waals surface area contributed by atoms with Crippen molar-refractivity contribution in [2.24, 2.45) is 0 Å². The van der Waals surface area contributed by atoms with E-state index in [4.69, 9.17) is 0 Å². The van der Waals surface area contributed by atoms with E-state index in [2.05, 4.69) is 0 Å². The third kappa shape index (κ3) is 3.50. The molecule has 0 saturated carbocycles. The molecule has 1 atom stereocenters. The summed E-state index contributed by atoms with van der Waals surface area (Å²) < 4.78 is 0. The molecule has 2 rings (SSSR count). The zero-order valence-corrected chi connectivity index (χ0v) is 11.7. The van der Waals surface area contributed by atoms with Crippen molar-refractivity contribution in [3.8, 4) is 0 Å². The van der Waals surface area contributed by atoms with Gasteiger partial charge in [-0.3, -0.25) is 4.79 Å². The minimum absolute atomic E-state index is 0.110. The highest BCUT2D eigenvalue weighted by Crippen LogP contribution is 2.23. The second-order valence-electron chi connectivity index (χ2n) is 5.16. The summed E-state index contributed by atoms with van der Waals surface area (Å²) in [5, 5.41) is 9.83. The largest absolute Gasteiger partial charge is 0.388 e. The Hall–Kier alpha value is -1.00. The van der Waals surface area contributed by atoms with E-state index in [0.29, 0.717) is 25.3 Å². The fourth-order valence-electron chi connectivity index (χ4n) is 2.03. The highest BCUT2D eigenvalue weighted by atomic mass is 32.2. The molecular formula is C14H19NO2S. The van der Waals surface area contributed by atoms with Crippen molar-refractivity contribution in [3.05, 3.63) is 29.8 Å². The van der Waals surface area contributed by atoms with Crippen molar-refractivity contribution in [2.75, 3.05) is 18.8 Å². The van der Waals surface area contributed by atoms with E-state index < -0.39 is 5.60 Å². The first-order valence-electron chi connectivity index (χ1n) is 6.16. The van der Waals surface area contributed by atoms with Gasteiger partial charge in [0.2, 0.25) is 5.91 Å². The van der Waals surface area contributed by atoms with E-state index in [9.17, 15) is 9.90 Å². The molecule has 0 bridgehead atoms. The number of aliphatic hydroxyl groups is 1. The maximum absolute atomic E-state index is 12.0. The first-order chi connectivity index (χ1) is 8.46. The molecule has 1 saturated heterocycles. The molecule has 4 heteroatoms. The number of hydrogen-bond acceptors (Lipinski definition) is 3. The number of aryl methyl sites for hydroxylation is 1. The average Bonchev–Trinajstić information content (AvgIpc) is 2.69. The zero-order valence-electron chi connectivity index (χ0n) is 10.8. The highest BCUT2D eigenvalue weighted by molar-refractivity contribution is 8.00. The van der Waals surface area contributed by atoms with Gasteiger partial charge in [-0.2, -0.15) is 0 Å². The van der Waals surface area contributed by atoms with Crippen LogP contribution in [0.5, 0.6) is 0 Å². The predicted octanol–water partition coefficient (Wildman–Crippen LogP) is 2.07. The van der Waals surface area contributed by atoms with Gasteiger partial charge < -0.3 is 10.0 Å². The summed E-state index contributed by atoms with van der Waals surface area (Å²) in [7, 11) is 0. The van der Waals surface area contributed by atoms with E-state index in [-0.39, 0.29) is 5.91 Å². The van der Waals surface area contributed by atoms with Crippen molar-refractivity contribution in [1.29, 1.82) is 0 Å². The van der Waals surface area contributed by atoms with Crippen LogP contribution in [-0.2, 0) is 4.79 Å². The van der Waals surface area contributed by atoms with Gasteiger partial charge in [0.25, 0.3) is 0 Å². The van der Waals surface area contributed by atoms with E-state index in [0.717, 1.165) is 4.90 Å². The second kappa shape index (κ2) is 5.33. The van der Waals surface area contributed by atoms with Crippen molar-refractivity contribution in [1.82, 2.24) is 4.90 Å². The normalized spacial score (nSPS) is 23.4. The smallest absolute Gasteiger partial charge is 0.233 e. The maximum atomic E-state index is 12.0. The lowest BCUT2D eigenvalue weighted by Gasteiger charge is -2.18. The third-order valence-corrected chi connectivity index (χ3v) is 4.18. The summed E-state index contributed by atoms with van der Waals surface area (Å²) in [5.41, 5.74) is 0.519. The molecule has 98 valence electrons. The molecule has 0 radical (unpaired) electrons. The SMILES string of the molecule is Cc1ccc(SCC(=O)N2CCC(C)(O)C2)cc1. The maximum Gasteiger partial charge on any atom is 0.233 e. The van der Waals surface area contributed by atoms with Crippen LogP contribution in [0.3, 0.4) is 0 Å².